The number of rotatable bonds is 5. The first-order valence-corrected chi connectivity index (χ1v) is 11.4. The summed E-state index contributed by atoms with van der Waals surface area (Å²) in [4.78, 5) is 29.4. The lowest BCUT2D eigenvalue weighted by Gasteiger charge is -2.34. The lowest BCUT2D eigenvalue weighted by Crippen LogP contribution is -2.50. The quantitative estimate of drug-likeness (QED) is 0.374. The predicted molar refractivity (Wildman–Crippen MR) is 125 cm³/mol. The van der Waals surface area contributed by atoms with Gasteiger partial charge in [-0.2, -0.15) is 0 Å². The molecule has 10 heteroatoms. The summed E-state index contributed by atoms with van der Waals surface area (Å²) in [5.74, 6) is 0.503. The Balaban J connectivity index is 1.91. The Bertz CT molecular complexity index is 1280. The van der Waals surface area contributed by atoms with Crippen LogP contribution in [0, 0.1) is 0 Å². The Morgan fingerprint density at radius 3 is 2.84 bits per heavy atom. The van der Waals surface area contributed by atoms with Gasteiger partial charge in [0.05, 0.1) is 12.5 Å². The van der Waals surface area contributed by atoms with Crippen molar-refractivity contribution >= 4 is 50.4 Å². The fourth-order valence-corrected chi connectivity index (χ4v) is 4.49. The van der Waals surface area contributed by atoms with Gasteiger partial charge in [0.25, 0.3) is 5.91 Å². The van der Waals surface area contributed by atoms with Crippen molar-refractivity contribution < 1.29 is 19.1 Å². The molecule has 0 spiro atoms. The minimum absolute atomic E-state index is 0.265. The average Bonchev–Trinajstić information content (AvgIpc) is 2.77. The minimum Gasteiger partial charge on any atom is -0.493 e. The first-order valence-electron chi connectivity index (χ1n) is 9.59. The molecule has 2 aliphatic heterocycles. The number of amidine groups is 1. The number of para-hydroxylation sites is 1. The molecule has 0 aliphatic carbocycles. The average molecular weight is 515 g/mol. The maximum atomic E-state index is 13.1. The summed E-state index contributed by atoms with van der Waals surface area (Å²) < 4.78 is 11.3. The lowest BCUT2D eigenvalue weighted by atomic mass is 10.1. The number of halogens is 1. The molecule has 8 nitrogen and oxygen atoms in total. The van der Waals surface area contributed by atoms with Gasteiger partial charge in [-0.25, -0.2) is 5.01 Å². The van der Waals surface area contributed by atoms with Gasteiger partial charge in [-0.15, -0.1) is 11.7 Å². The van der Waals surface area contributed by atoms with Gasteiger partial charge in [0.1, 0.15) is 5.70 Å². The fraction of sp³-hybridized carbons (Fsp3) is 0.182. The van der Waals surface area contributed by atoms with Crippen LogP contribution in [0.1, 0.15) is 18.7 Å². The third kappa shape index (κ3) is 4.15. The molecule has 2 aromatic carbocycles. The Labute approximate surface area is 196 Å². The molecular formula is C22H19BrN4O4S. The van der Waals surface area contributed by atoms with E-state index in [1.807, 2.05) is 24.3 Å². The summed E-state index contributed by atoms with van der Waals surface area (Å²) in [6.45, 7) is 5.03. The molecule has 2 heterocycles. The first-order chi connectivity index (χ1) is 15.4. The van der Waals surface area contributed by atoms with Crippen molar-refractivity contribution in [3.63, 3.8) is 0 Å². The zero-order valence-corrected chi connectivity index (χ0v) is 19.7. The number of hydrogen-bond donors (Lipinski definition) is 1. The van der Waals surface area contributed by atoms with Crippen molar-refractivity contribution in [2.75, 3.05) is 12.9 Å². The third-order valence-electron chi connectivity index (χ3n) is 4.67. The van der Waals surface area contributed by atoms with Gasteiger partial charge >= 0.3 is 5.97 Å². The molecule has 0 saturated heterocycles. The topological polar surface area (TPSA) is 92.6 Å². The zero-order chi connectivity index (χ0) is 22.8. The fourth-order valence-electron chi connectivity index (χ4n) is 3.38. The number of nitrogens with zero attached hydrogens (tertiary/aromatic N) is 3. The van der Waals surface area contributed by atoms with Gasteiger partial charge < -0.3 is 9.47 Å². The molecule has 0 radical (unpaired) electrons. The van der Waals surface area contributed by atoms with Crippen LogP contribution >= 0.6 is 27.7 Å². The van der Waals surface area contributed by atoms with Gasteiger partial charge in [0.15, 0.2) is 22.8 Å². The second-order valence-corrected chi connectivity index (χ2v) is 8.65. The molecule has 1 atom stereocenters. The van der Waals surface area contributed by atoms with Crippen LogP contribution in [-0.2, 0) is 9.59 Å². The van der Waals surface area contributed by atoms with Crippen LogP contribution in [-0.4, -0.2) is 34.9 Å². The Morgan fingerprint density at radius 1 is 1.34 bits per heavy atom. The molecular weight excluding hydrogens is 496 g/mol. The number of methoxy groups -OCH3 is 1. The molecule has 1 N–H and O–H groups in total. The molecule has 0 bridgehead atoms. The summed E-state index contributed by atoms with van der Waals surface area (Å²) in [7, 11) is 1.49. The van der Waals surface area contributed by atoms with E-state index in [1.165, 1.54) is 25.8 Å². The molecule has 4 rings (SSSR count). The van der Waals surface area contributed by atoms with Gasteiger partial charge in [-0.1, -0.05) is 52.0 Å². The molecule has 32 heavy (non-hydrogen) atoms. The summed E-state index contributed by atoms with van der Waals surface area (Å²) in [6, 6.07) is 10.8. The van der Waals surface area contributed by atoms with Crippen molar-refractivity contribution in [2.45, 2.75) is 13.1 Å². The number of esters is 1. The van der Waals surface area contributed by atoms with Crippen LogP contribution in [0.5, 0.6) is 11.5 Å². The van der Waals surface area contributed by atoms with Crippen molar-refractivity contribution in [3.05, 3.63) is 69.7 Å². The lowest BCUT2D eigenvalue weighted by molar-refractivity contribution is -0.132. The first kappa shape index (κ1) is 22.1. The monoisotopic (exact) mass is 514 g/mol. The largest absolute Gasteiger partial charge is 0.493 e. The van der Waals surface area contributed by atoms with E-state index in [1.54, 1.807) is 23.2 Å². The molecule has 0 fully saturated rings. The highest BCUT2D eigenvalue weighted by Gasteiger charge is 2.35. The SMILES string of the molecule is C=CCSC1=NN2C(=c3ccccc3=N[C@H]2c2cc(OC)c(OC(C)=O)cc2Br)C(=O)N1. The van der Waals surface area contributed by atoms with Crippen LogP contribution in [0.2, 0.25) is 0 Å². The standard InChI is InChI=1S/C22H19BrN4O4S/c1-4-9-32-22-25-21(29)19-13-7-5-6-8-16(13)24-20(27(19)26-22)14-10-17(30-3)18(11-15(14)23)31-12(2)28/h4-8,10-11,20H,1,9H2,2-3H3,(H,25,26,29)/t20-/m1/s1. The highest BCUT2D eigenvalue weighted by molar-refractivity contribution is 9.10. The summed E-state index contributed by atoms with van der Waals surface area (Å²) in [6.07, 6.45) is 1.08. The second-order valence-electron chi connectivity index (χ2n) is 6.79. The van der Waals surface area contributed by atoms with E-state index in [0.717, 1.165) is 0 Å². The molecule has 0 saturated carbocycles. The van der Waals surface area contributed by atoms with Crippen LogP contribution in [0.25, 0.3) is 5.70 Å². The van der Waals surface area contributed by atoms with Gasteiger partial charge in [-0.3, -0.25) is 19.9 Å². The second kappa shape index (κ2) is 9.17. The summed E-state index contributed by atoms with van der Waals surface area (Å²) >= 11 is 4.92. The van der Waals surface area contributed by atoms with E-state index in [-0.39, 0.29) is 11.7 Å². The van der Waals surface area contributed by atoms with E-state index in [4.69, 9.17) is 14.5 Å². The van der Waals surface area contributed by atoms with Crippen LogP contribution in [0.4, 0.5) is 0 Å². The molecule has 0 unspecified atom stereocenters. The predicted octanol–water partition coefficient (Wildman–Crippen LogP) is 2.45. The van der Waals surface area contributed by atoms with Gasteiger partial charge in [0, 0.05) is 27.9 Å². The number of hydrogen-bond acceptors (Lipinski definition) is 8. The van der Waals surface area contributed by atoms with Crippen molar-refractivity contribution in [2.24, 2.45) is 10.1 Å². The Kier molecular flexibility index (Phi) is 6.33. The third-order valence-corrected chi connectivity index (χ3v) is 6.21. The van der Waals surface area contributed by atoms with Crippen LogP contribution in [0.3, 0.4) is 0 Å². The number of carbonyl (C=O) groups excluding carboxylic acids is 2. The maximum absolute atomic E-state index is 13.1. The molecule has 2 aromatic rings. The number of fused-ring (bicyclic) bond motifs is 2. The number of carbonyl (C=O) groups is 2. The molecule has 164 valence electrons. The highest BCUT2D eigenvalue weighted by Crippen LogP contribution is 2.40. The van der Waals surface area contributed by atoms with Gasteiger partial charge in [0.2, 0.25) is 0 Å². The zero-order valence-electron chi connectivity index (χ0n) is 17.3. The van der Waals surface area contributed by atoms with Gasteiger partial charge in [-0.05, 0) is 18.2 Å². The number of hydrazone groups is 1. The molecule has 1 amide bonds. The van der Waals surface area contributed by atoms with E-state index in [2.05, 4.69) is 32.9 Å². The smallest absolute Gasteiger partial charge is 0.308 e. The number of nitrogens with one attached hydrogen (secondary N) is 1. The van der Waals surface area contributed by atoms with E-state index < -0.39 is 12.1 Å². The van der Waals surface area contributed by atoms with Crippen molar-refractivity contribution in [3.8, 4) is 11.5 Å². The normalized spacial score (nSPS) is 16.8. The van der Waals surface area contributed by atoms with E-state index in [9.17, 15) is 9.59 Å². The minimum atomic E-state index is -0.653. The molecule has 0 aromatic heterocycles. The van der Waals surface area contributed by atoms with E-state index >= 15 is 0 Å². The number of thioether (sulfide) groups is 1. The molecule has 2 aliphatic rings. The number of benzene rings is 2. The Morgan fingerprint density at radius 2 is 2.12 bits per heavy atom. The number of amides is 1. The summed E-state index contributed by atoms with van der Waals surface area (Å²) in [5, 5.41) is 10.9. The maximum Gasteiger partial charge on any atom is 0.308 e. The summed E-state index contributed by atoms with van der Waals surface area (Å²) in [5.41, 5.74) is 1.09. The number of ether oxygens (including phenoxy) is 2. The van der Waals surface area contributed by atoms with Crippen LogP contribution < -0.4 is 25.4 Å². The van der Waals surface area contributed by atoms with E-state index in [0.29, 0.717) is 43.0 Å². The van der Waals surface area contributed by atoms with Crippen molar-refractivity contribution in [1.29, 1.82) is 0 Å². The highest BCUT2D eigenvalue weighted by atomic mass is 79.9. The Hall–Kier alpha value is -3.11. The van der Waals surface area contributed by atoms with Crippen molar-refractivity contribution in [1.82, 2.24) is 10.3 Å². The van der Waals surface area contributed by atoms with Crippen LogP contribution in [0.15, 0.2) is 63.6 Å².